The van der Waals surface area contributed by atoms with E-state index in [1.807, 2.05) is 12.1 Å². The fraction of sp³-hybridized carbons (Fsp3) is 0.167. The van der Waals surface area contributed by atoms with E-state index in [2.05, 4.69) is 25.8 Å². The molecule has 0 saturated carbocycles. The second kappa shape index (κ2) is 3.65. The third-order valence-electron chi connectivity index (χ3n) is 1.05. The first-order valence-corrected chi connectivity index (χ1v) is 3.55. The van der Waals surface area contributed by atoms with Crippen molar-refractivity contribution >= 4 is 15.9 Å². The molecule has 0 aliphatic heterocycles. The number of aromatic nitrogens is 1. The number of pyridine rings is 1. The summed E-state index contributed by atoms with van der Waals surface area (Å²) in [6, 6.07) is 3.73. The van der Waals surface area contributed by atoms with Gasteiger partial charge in [0, 0.05) is 10.7 Å². The van der Waals surface area contributed by atoms with Gasteiger partial charge in [0.05, 0.1) is 5.69 Å². The van der Waals surface area contributed by atoms with Gasteiger partial charge in [0.15, 0.2) is 0 Å². The zero-order chi connectivity index (χ0) is 7.40. The van der Waals surface area contributed by atoms with E-state index in [9.17, 15) is 0 Å². The summed E-state index contributed by atoms with van der Waals surface area (Å²) in [7, 11) is 0. The Balaban J connectivity index is 2.81. The summed E-state index contributed by atoms with van der Waals surface area (Å²) in [5.74, 6) is 4.87. The number of rotatable bonds is 2. The quantitative estimate of drug-likeness (QED) is 0.735. The van der Waals surface area contributed by atoms with Gasteiger partial charge in [0.2, 0.25) is 0 Å². The fourth-order valence-corrected chi connectivity index (χ4v) is 0.973. The van der Waals surface area contributed by atoms with E-state index >= 15 is 0 Å². The van der Waals surface area contributed by atoms with Crippen LogP contribution in [0, 0.1) is 0 Å². The largest absolute Gasteiger partial charge is 0.298 e. The maximum atomic E-state index is 4.87. The Morgan fingerprint density at radius 2 is 2.50 bits per heavy atom. The van der Waals surface area contributed by atoms with Crippen LogP contribution in [-0.4, -0.2) is 4.98 Å². The van der Waals surface area contributed by atoms with Gasteiger partial charge in [0.1, 0.15) is 6.61 Å². The second-order valence-corrected chi connectivity index (χ2v) is 2.60. The van der Waals surface area contributed by atoms with Crippen molar-refractivity contribution in [3.63, 3.8) is 0 Å². The zero-order valence-electron chi connectivity index (χ0n) is 5.25. The molecule has 1 heterocycles. The van der Waals surface area contributed by atoms with E-state index in [0.717, 1.165) is 10.2 Å². The minimum absolute atomic E-state index is 0.335. The Hall–Kier alpha value is -0.450. The van der Waals surface area contributed by atoms with Crippen molar-refractivity contribution in [3.8, 4) is 0 Å². The van der Waals surface area contributed by atoms with E-state index in [0.29, 0.717) is 6.61 Å². The molecule has 2 N–H and O–H groups in total. The first kappa shape index (κ1) is 7.65. The van der Waals surface area contributed by atoms with Crippen LogP contribution in [0.1, 0.15) is 5.69 Å². The number of nitrogens with two attached hydrogens (primary N) is 1. The molecule has 1 rings (SSSR count). The summed E-state index contributed by atoms with van der Waals surface area (Å²) in [6.45, 7) is 0.335. The van der Waals surface area contributed by atoms with Gasteiger partial charge < -0.3 is 0 Å². The highest BCUT2D eigenvalue weighted by molar-refractivity contribution is 9.10. The highest BCUT2D eigenvalue weighted by Gasteiger charge is 1.97. The van der Waals surface area contributed by atoms with E-state index in [1.165, 1.54) is 0 Å². The Morgan fingerprint density at radius 3 is 3.10 bits per heavy atom. The number of hydrogen-bond acceptors (Lipinski definition) is 3. The SMILES string of the molecule is NOCc1ncccc1Br. The molecule has 0 radical (unpaired) electrons. The van der Waals surface area contributed by atoms with E-state index in [4.69, 9.17) is 5.90 Å². The van der Waals surface area contributed by atoms with Crippen molar-refractivity contribution in [2.45, 2.75) is 6.61 Å². The Morgan fingerprint density at radius 1 is 1.70 bits per heavy atom. The van der Waals surface area contributed by atoms with Crippen molar-refractivity contribution < 1.29 is 4.84 Å². The van der Waals surface area contributed by atoms with Gasteiger partial charge >= 0.3 is 0 Å². The monoisotopic (exact) mass is 202 g/mol. The summed E-state index contributed by atoms with van der Waals surface area (Å²) in [5.41, 5.74) is 0.810. The molecular formula is C6H7BrN2O. The van der Waals surface area contributed by atoms with Crippen LogP contribution >= 0.6 is 15.9 Å². The van der Waals surface area contributed by atoms with Gasteiger partial charge in [0.25, 0.3) is 0 Å². The van der Waals surface area contributed by atoms with Crippen LogP contribution in [0.3, 0.4) is 0 Å². The lowest BCUT2D eigenvalue weighted by Gasteiger charge is -1.98. The molecule has 0 saturated heterocycles. The molecule has 0 unspecified atom stereocenters. The standard InChI is InChI=1S/C6H7BrN2O/c7-5-2-1-3-9-6(5)4-10-8/h1-3H,4,8H2. The maximum absolute atomic E-state index is 4.87. The molecular weight excluding hydrogens is 196 g/mol. The normalized spacial score (nSPS) is 9.80. The molecule has 0 amide bonds. The molecule has 10 heavy (non-hydrogen) atoms. The molecule has 0 aliphatic rings. The Labute approximate surface area is 67.3 Å². The highest BCUT2D eigenvalue weighted by Crippen LogP contribution is 2.12. The summed E-state index contributed by atoms with van der Waals surface area (Å²) in [6.07, 6.45) is 1.69. The van der Waals surface area contributed by atoms with Gasteiger partial charge in [-0.3, -0.25) is 9.82 Å². The molecule has 3 nitrogen and oxygen atoms in total. The maximum Gasteiger partial charge on any atom is 0.111 e. The molecule has 1 aromatic rings. The summed E-state index contributed by atoms with van der Waals surface area (Å²) in [4.78, 5) is 8.43. The van der Waals surface area contributed by atoms with Gasteiger partial charge in [-0.1, -0.05) is 0 Å². The first-order valence-electron chi connectivity index (χ1n) is 2.75. The van der Waals surface area contributed by atoms with Gasteiger partial charge in [-0.05, 0) is 28.1 Å². The van der Waals surface area contributed by atoms with E-state index in [1.54, 1.807) is 6.20 Å². The molecule has 4 heteroatoms. The van der Waals surface area contributed by atoms with Gasteiger partial charge in [-0.2, -0.15) is 0 Å². The van der Waals surface area contributed by atoms with Crippen molar-refractivity contribution in [2.75, 3.05) is 0 Å². The predicted octanol–water partition coefficient (Wildman–Crippen LogP) is 1.23. The van der Waals surface area contributed by atoms with Crippen LogP contribution in [0.15, 0.2) is 22.8 Å². The van der Waals surface area contributed by atoms with Crippen molar-refractivity contribution in [1.29, 1.82) is 0 Å². The smallest absolute Gasteiger partial charge is 0.111 e. The predicted molar refractivity (Wildman–Crippen MR) is 40.9 cm³/mol. The number of halogens is 1. The van der Waals surface area contributed by atoms with Crippen LogP contribution in [0.25, 0.3) is 0 Å². The van der Waals surface area contributed by atoms with Crippen molar-refractivity contribution in [2.24, 2.45) is 5.90 Å². The van der Waals surface area contributed by atoms with Crippen LogP contribution in [-0.2, 0) is 11.4 Å². The van der Waals surface area contributed by atoms with E-state index in [-0.39, 0.29) is 0 Å². The lowest BCUT2D eigenvalue weighted by atomic mass is 10.4. The zero-order valence-corrected chi connectivity index (χ0v) is 6.84. The van der Waals surface area contributed by atoms with Gasteiger partial charge in [-0.15, -0.1) is 0 Å². The molecule has 0 bridgehead atoms. The van der Waals surface area contributed by atoms with E-state index < -0.39 is 0 Å². The van der Waals surface area contributed by atoms with Crippen LogP contribution in [0.5, 0.6) is 0 Å². The van der Waals surface area contributed by atoms with Crippen LogP contribution in [0.4, 0.5) is 0 Å². The minimum atomic E-state index is 0.335. The molecule has 0 fully saturated rings. The number of nitrogens with zero attached hydrogens (tertiary/aromatic N) is 1. The minimum Gasteiger partial charge on any atom is -0.298 e. The van der Waals surface area contributed by atoms with Crippen LogP contribution < -0.4 is 5.90 Å². The summed E-state index contributed by atoms with van der Waals surface area (Å²) < 4.78 is 0.917. The van der Waals surface area contributed by atoms with Crippen molar-refractivity contribution in [1.82, 2.24) is 4.98 Å². The lowest BCUT2D eigenvalue weighted by Crippen LogP contribution is -2.01. The molecule has 0 aromatic carbocycles. The molecule has 0 aliphatic carbocycles. The second-order valence-electron chi connectivity index (χ2n) is 1.74. The number of hydrogen-bond donors (Lipinski definition) is 1. The average Bonchev–Trinajstić information content (AvgIpc) is 1.94. The Kier molecular flexibility index (Phi) is 2.80. The first-order chi connectivity index (χ1) is 4.84. The molecule has 1 aromatic heterocycles. The molecule has 0 spiro atoms. The highest BCUT2D eigenvalue weighted by atomic mass is 79.9. The van der Waals surface area contributed by atoms with Crippen LogP contribution in [0.2, 0.25) is 0 Å². The average molecular weight is 203 g/mol. The topological polar surface area (TPSA) is 48.1 Å². The lowest BCUT2D eigenvalue weighted by molar-refractivity contribution is 0.121. The summed E-state index contributed by atoms with van der Waals surface area (Å²) in [5, 5.41) is 0. The van der Waals surface area contributed by atoms with Crippen molar-refractivity contribution in [3.05, 3.63) is 28.5 Å². The molecule has 54 valence electrons. The van der Waals surface area contributed by atoms with Gasteiger partial charge in [-0.25, -0.2) is 5.90 Å². The Bertz CT molecular complexity index is 217. The summed E-state index contributed by atoms with van der Waals surface area (Å²) >= 11 is 3.30. The third kappa shape index (κ3) is 1.76. The molecule has 0 atom stereocenters. The third-order valence-corrected chi connectivity index (χ3v) is 1.78. The fourth-order valence-electron chi connectivity index (χ4n) is 0.604.